The van der Waals surface area contributed by atoms with Crippen molar-refractivity contribution in [1.82, 2.24) is 0 Å². The summed E-state index contributed by atoms with van der Waals surface area (Å²) in [5, 5.41) is 3.05. The molecule has 1 atom stereocenters. The summed E-state index contributed by atoms with van der Waals surface area (Å²) in [4.78, 5) is 0. The highest BCUT2D eigenvalue weighted by molar-refractivity contribution is 8.02. The number of thioether (sulfide) groups is 1. The molecule has 0 heterocycles. The van der Waals surface area contributed by atoms with Gasteiger partial charge in [0.2, 0.25) is 0 Å². The molecule has 0 rings (SSSR count). The minimum Gasteiger partial charge on any atom is -0.131 e. The SMILES string of the molecule is C/C(=C\SC(C)C(C)C)C(C)C.CC. The molecule has 0 aromatic carbocycles. The van der Waals surface area contributed by atoms with Crippen LogP contribution in [0.3, 0.4) is 0 Å². The Morgan fingerprint density at radius 1 is 1.00 bits per heavy atom. The first-order chi connectivity index (χ1) is 6.45. The van der Waals surface area contributed by atoms with Crippen molar-refractivity contribution in [3.05, 3.63) is 11.0 Å². The lowest BCUT2D eigenvalue weighted by Crippen LogP contribution is -2.04. The normalized spacial score (nSPS) is 14.0. The minimum absolute atomic E-state index is 0.692. The summed E-state index contributed by atoms with van der Waals surface area (Å²) in [6.45, 7) is 17.5. The predicted molar refractivity (Wildman–Crippen MR) is 71.8 cm³/mol. The van der Waals surface area contributed by atoms with Crippen LogP contribution >= 0.6 is 11.8 Å². The molecule has 0 aliphatic rings. The third-order valence-corrected chi connectivity index (χ3v) is 3.80. The van der Waals surface area contributed by atoms with Gasteiger partial charge in [0.25, 0.3) is 0 Å². The van der Waals surface area contributed by atoms with Gasteiger partial charge in [0.1, 0.15) is 0 Å². The van der Waals surface area contributed by atoms with Crippen LogP contribution in [-0.4, -0.2) is 5.25 Å². The van der Waals surface area contributed by atoms with Gasteiger partial charge in [0, 0.05) is 5.25 Å². The molecule has 0 radical (unpaired) electrons. The number of hydrogen-bond acceptors (Lipinski definition) is 1. The molecule has 0 nitrogen and oxygen atoms in total. The Morgan fingerprint density at radius 3 is 1.71 bits per heavy atom. The highest BCUT2D eigenvalue weighted by Gasteiger charge is 2.05. The van der Waals surface area contributed by atoms with Crippen LogP contribution < -0.4 is 0 Å². The highest BCUT2D eigenvalue weighted by Crippen LogP contribution is 2.23. The van der Waals surface area contributed by atoms with E-state index in [1.54, 1.807) is 0 Å². The summed E-state index contributed by atoms with van der Waals surface area (Å²) >= 11 is 1.96. The zero-order chi connectivity index (χ0) is 11.7. The quantitative estimate of drug-likeness (QED) is 0.610. The van der Waals surface area contributed by atoms with Crippen molar-refractivity contribution in [2.24, 2.45) is 11.8 Å². The molecule has 0 fully saturated rings. The van der Waals surface area contributed by atoms with Gasteiger partial charge in [-0.05, 0) is 24.2 Å². The maximum Gasteiger partial charge on any atom is 0.00831 e. The highest BCUT2D eigenvalue weighted by atomic mass is 32.2. The Balaban J connectivity index is 0. The second-order valence-corrected chi connectivity index (χ2v) is 5.35. The molecule has 0 saturated heterocycles. The van der Waals surface area contributed by atoms with Crippen molar-refractivity contribution in [1.29, 1.82) is 0 Å². The lowest BCUT2D eigenvalue weighted by molar-refractivity contribution is 0.643. The van der Waals surface area contributed by atoms with Crippen molar-refractivity contribution in [3.8, 4) is 0 Å². The second-order valence-electron chi connectivity index (χ2n) is 4.10. The van der Waals surface area contributed by atoms with Gasteiger partial charge in [-0.25, -0.2) is 0 Å². The number of allylic oxidation sites excluding steroid dienone is 1. The molecule has 0 saturated carbocycles. The Labute approximate surface area is 95.6 Å². The summed E-state index contributed by atoms with van der Waals surface area (Å²) in [6.07, 6.45) is 0. The molecule has 0 spiro atoms. The van der Waals surface area contributed by atoms with Gasteiger partial charge in [-0.2, -0.15) is 0 Å². The second kappa shape index (κ2) is 9.64. The molecule has 0 aromatic heterocycles. The lowest BCUT2D eigenvalue weighted by Gasteiger charge is -2.13. The summed E-state index contributed by atoms with van der Waals surface area (Å²) in [5.74, 6) is 1.46. The fourth-order valence-electron chi connectivity index (χ4n) is 0.508. The molecule has 0 aromatic rings. The molecule has 0 amide bonds. The molecular weight excluding hydrogens is 188 g/mol. The third-order valence-electron chi connectivity index (χ3n) is 2.32. The maximum absolute atomic E-state index is 2.31. The molecule has 0 N–H and O–H groups in total. The average molecular weight is 216 g/mol. The van der Waals surface area contributed by atoms with Gasteiger partial charge in [0.05, 0.1) is 0 Å². The van der Waals surface area contributed by atoms with E-state index in [1.807, 2.05) is 25.6 Å². The minimum atomic E-state index is 0.692. The average Bonchev–Trinajstić information content (AvgIpc) is 2.16. The first kappa shape index (κ1) is 16.5. The van der Waals surface area contributed by atoms with E-state index < -0.39 is 0 Å². The van der Waals surface area contributed by atoms with Gasteiger partial charge >= 0.3 is 0 Å². The summed E-state index contributed by atoms with van der Waals surface area (Å²) in [5.41, 5.74) is 1.49. The third kappa shape index (κ3) is 8.68. The zero-order valence-electron chi connectivity index (χ0n) is 11.2. The van der Waals surface area contributed by atoms with E-state index in [-0.39, 0.29) is 0 Å². The number of rotatable bonds is 4. The largest absolute Gasteiger partial charge is 0.131 e. The molecule has 1 heteroatoms. The van der Waals surface area contributed by atoms with Crippen LogP contribution in [0, 0.1) is 11.8 Å². The van der Waals surface area contributed by atoms with E-state index in [1.165, 1.54) is 5.57 Å². The molecule has 0 bridgehead atoms. The van der Waals surface area contributed by atoms with Crippen LogP contribution in [0.1, 0.15) is 55.4 Å². The van der Waals surface area contributed by atoms with Gasteiger partial charge in [-0.3, -0.25) is 0 Å². The van der Waals surface area contributed by atoms with E-state index >= 15 is 0 Å². The van der Waals surface area contributed by atoms with E-state index in [0.29, 0.717) is 5.92 Å². The lowest BCUT2D eigenvalue weighted by atomic mass is 10.1. The first-order valence-corrected chi connectivity index (χ1v) is 6.71. The van der Waals surface area contributed by atoms with Crippen molar-refractivity contribution in [2.75, 3.05) is 0 Å². The van der Waals surface area contributed by atoms with Gasteiger partial charge in [0.15, 0.2) is 0 Å². The van der Waals surface area contributed by atoms with Crippen LogP contribution in [0.2, 0.25) is 0 Å². The fourth-order valence-corrected chi connectivity index (χ4v) is 1.52. The Morgan fingerprint density at radius 2 is 1.43 bits per heavy atom. The fraction of sp³-hybridized carbons (Fsp3) is 0.846. The topological polar surface area (TPSA) is 0 Å². The Bertz CT molecular complexity index is 145. The van der Waals surface area contributed by atoms with Crippen LogP contribution in [0.4, 0.5) is 0 Å². The first-order valence-electron chi connectivity index (χ1n) is 5.77. The van der Waals surface area contributed by atoms with E-state index in [0.717, 1.165) is 11.2 Å². The molecule has 14 heavy (non-hydrogen) atoms. The van der Waals surface area contributed by atoms with Crippen molar-refractivity contribution < 1.29 is 0 Å². The van der Waals surface area contributed by atoms with Gasteiger partial charge in [-0.1, -0.05) is 54.0 Å². The Hall–Kier alpha value is 0.0900. The van der Waals surface area contributed by atoms with Crippen molar-refractivity contribution in [2.45, 2.75) is 60.6 Å². The summed E-state index contributed by atoms with van der Waals surface area (Å²) in [7, 11) is 0. The van der Waals surface area contributed by atoms with Gasteiger partial charge < -0.3 is 0 Å². The molecular formula is C13H28S. The van der Waals surface area contributed by atoms with Crippen LogP contribution in [0.15, 0.2) is 11.0 Å². The van der Waals surface area contributed by atoms with Crippen LogP contribution in [0.5, 0.6) is 0 Å². The standard InChI is InChI=1S/C11H22S.C2H6/c1-8(2)10(5)7-12-11(6)9(3)4;1-2/h7-9,11H,1-6H3;1-2H3/b10-7+;. The monoisotopic (exact) mass is 216 g/mol. The van der Waals surface area contributed by atoms with Crippen LogP contribution in [0.25, 0.3) is 0 Å². The van der Waals surface area contributed by atoms with E-state index in [4.69, 9.17) is 0 Å². The smallest absolute Gasteiger partial charge is 0.00831 e. The molecule has 0 aliphatic heterocycles. The zero-order valence-corrected chi connectivity index (χ0v) is 12.0. The molecule has 86 valence electrons. The molecule has 1 unspecified atom stereocenters. The molecule has 0 aliphatic carbocycles. The number of hydrogen-bond donors (Lipinski definition) is 0. The predicted octanol–water partition coefficient (Wildman–Crippen LogP) is 5.35. The van der Waals surface area contributed by atoms with E-state index in [9.17, 15) is 0 Å². The van der Waals surface area contributed by atoms with E-state index in [2.05, 4.69) is 47.0 Å². The summed E-state index contributed by atoms with van der Waals surface area (Å²) < 4.78 is 0. The van der Waals surface area contributed by atoms with Gasteiger partial charge in [-0.15, -0.1) is 11.8 Å². The van der Waals surface area contributed by atoms with Crippen molar-refractivity contribution >= 4 is 11.8 Å². The summed E-state index contributed by atoms with van der Waals surface area (Å²) in [6, 6.07) is 0. The maximum atomic E-state index is 2.31. The van der Waals surface area contributed by atoms with Crippen molar-refractivity contribution in [3.63, 3.8) is 0 Å². The Kier molecular flexibility index (Phi) is 11.4. The van der Waals surface area contributed by atoms with Crippen LogP contribution in [-0.2, 0) is 0 Å².